The SMILES string of the molecule is CN(C)S(=O)(=O)c1ccc(C(=O)C=Cc2ccccc2OC(F)(F)F)cc1. The van der Waals surface area contributed by atoms with Crippen LogP contribution >= 0.6 is 0 Å². The third kappa shape index (κ3) is 5.41. The van der Waals surface area contributed by atoms with Crippen molar-refractivity contribution in [3.05, 3.63) is 65.7 Å². The van der Waals surface area contributed by atoms with Gasteiger partial charge < -0.3 is 4.74 Å². The van der Waals surface area contributed by atoms with Crippen molar-refractivity contribution in [3.63, 3.8) is 0 Å². The van der Waals surface area contributed by atoms with Crippen LogP contribution in [0.1, 0.15) is 15.9 Å². The van der Waals surface area contributed by atoms with Crippen LogP contribution in [0.25, 0.3) is 6.08 Å². The molecule has 0 aromatic heterocycles. The highest BCUT2D eigenvalue weighted by molar-refractivity contribution is 7.89. The summed E-state index contributed by atoms with van der Waals surface area (Å²) in [5.41, 5.74) is 0.271. The number of ketones is 1. The highest BCUT2D eigenvalue weighted by atomic mass is 32.2. The van der Waals surface area contributed by atoms with Gasteiger partial charge in [0.15, 0.2) is 5.78 Å². The van der Waals surface area contributed by atoms with E-state index < -0.39 is 27.9 Å². The number of carbonyl (C=O) groups excluding carboxylic acids is 1. The minimum absolute atomic E-state index is 0.0250. The Kier molecular flexibility index (Phi) is 6.07. The fourth-order valence-electron chi connectivity index (χ4n) is 2.10. The summed E-state index contributed by atoms with van der Waals surface area (Å²) in [6.45, 7) is 0. The number of benzene rings is 2. The Hall–Kier alpha value is -2.65. The molecule has 0 radical (unpaired) electrons. The van der Waals surface area contributed by atoms with Crippen LogP contribution < -0.4 is 4.74 Å². The number of halogens is 3. The lowest BCUT2D eigenvalue weighted by Gasteiger charge is -2.11. The lowest BCUT2D eigenvalue weighted by atomic mass is 10.1. The number of carbonyl (C=O) groups is 1. The summed E-state index contributed by atoms with van der Waals surface area (Å²) in [5.74, 6) is -0.924. The normalized spacial score (nSPS) is 12.5. The van der Waals surface area contributed by atoms with E-state index in [0.29, 0.717) is 0 Å². The Balaban J connectivity index is 2.21. The molecular formula is C18H16F3NO4S. The molecule has 0 fully saturated rings. The van der Waals surface area contributed by atoms with Gasteiger partial charge in [-0.15, -0.1) is 13.2 Å². The molecule has 0 unspecified atom stereocenters. The number of ether oxygens (including phenoxy) is 1. The fourth-order valence-corrected chi connectivity index (χ4v) is 3.00. The summed E-state index contributed by atoms with van der Waals surface area (Å²) in [6.07, 6.45) is -2.55. The highest BCUT2D eigenvalue weighted by Gasteiger charge is 2.31. The number of sulfonamides is 1. The van der Waals surface area contributed by atoms with E-state index in [2.05, 4.69) is 4.74 Å². The first kappa shape index (κ1) is 20.7. The summed E-state index contributed by atoms with van der Waals surface area (Å²) in [6, 6.07) is 10.6. The van der Waals surface area contributed by atoms with E-state index in [-0.39, 0.29) is 16.0 Å². The van der Waals surface area contributed by atoms with Crippen molar-refractivity contribution in [2.45, 2.75) is 11.3 Å². The van der Waals surface area contributed by atoms with Crippen molar-refractivity contribution in [2.75, 3.05) is 14.1 Å². The van der Waals surface area contributed by atoms with Gasteiger partial charge in [-0.05, 0) is 42.5 Å². The first-order valence-corrected chi connectivity index (χ1v) is 9.04. The van der Waals surface area contributed by atoms with E-state index in [0.717, 1.165) is 16.4 Å². The quantitative estimate of drug-likeness (QED) is 0.549. The molecule has 0 aliphatic rings. The van der Waals surface area contributed by atoms with Crippen LogP contribution in [0.4, 0.5) is 13.2 Å². The van der Waals surface area contributed by atoms with Crippen molar-refractivity contribution in [2.24, 2.45) is 0 Å². The molecule has 2 aromatic carbocycles. The zero-order valence-electron chi connectivity index (χ0n) is 14.4. The molecule has 0 N–H and O–H groups in total. The van der Waals surface area contributed by atoms with Crippen molar-refractivity contribution >= 4 is 21.9 Å². The molecule has 9 heteroatoms. The Bertz CT molecular complexity index is 949. The number of nitrogens with zero attached hydrogens (tertiary/aromatic N) is 1. The Morgan fingerprint density at radius 1 is 1.04 bits per heavy atom. The first-order chi connectivity index (χ1) is 12.5. The van der Waals surface area contributed by atoms with Gasteiger partial charge in [-0.1, -0.05) is 18.2 Å². The molecule has 0 spiro atoms. The summed E-state index contributed by atoms with van der Waals surface area (Å²) >= 11 is 0. The Morgan fingerprint density at radius 3 is 2.19 bits per heavy atom. The second-order valence-corrected chi connectivity index (χ2v) is 7.75. The van der Waals surface area contributed by atoms with Crippen LogP contribution in [0.15, 0.2) is 59.5 Å². The summed E-state index contributed by atoms with van der Waals surface area (Å²) < 4.78 is 66.2. The topological polar surface area (TPSA) is 63.7 Å². The number of hydrogen-bond donors (Lipinski definition) is 0. The van der Waals surface area contributed by atoms with Gasteiger partial charge in [0.2, 0.25) is 10.0 Å². The number of hydrogen-bond acceptors (Lipinski definition) is 4. The van der Waals surface area contributed by atoms with E-state index in [1.807, 2.05) is 0 Å². The zero-order chi connectivity index (χ0) is 20.2. The third-order valence-electron chi connectivity index (χ3n) is 3.48. The van der Waals surface area contributed by atoms with Crippen molar-refractivity contribution in [3.8, 4) is 5.75 Å². The second kappa shape index (κ2) is 7.93. The van der Waals surface area contributed by atoms with Gasteiger partial charge in [0.1, 0.15) is 5.75 Å². The standard InChI is InChI=1S/C18H16F3NO4S/c1-22(2)27(24,25)15-10-7-13(8-11-15)16(23)12-9-14-5-3-4-6-17(14)26-18(19,20)21/h3-12H,1-2H3. The van der Waals surface area contributed by atoms with Crippen LogP contribution in [0.2, 0.25) is 0 Å². The largest absolute Gasteiger partial charge is 0.573 e. The summed E-state index contributed by atoms with van der Waals surface area (Å²) in [4.78, 5) is 12.2. The molecule has 0 bridgehead atoms. The van der Waals surface area contributed by atoms with Crippen molar-refractivity contribution < 1.29 is 31.1 Å². The first-order valence-electron chi connectivity index (χ1n) is 7.60. The monoisotopic (exact) mass is 399 g/mol. The summed E-state index contributed by atoms with van der Waals surface area (Å²) in [5, 5.41) is 0. The number of para-hydroxylation sites is 1. The molecular weight excluding hydrogens is 383 g/mol. The second-order valence-electron chi connectivity index (χ2n) is 5.60. The van der Waals surface area contributed by atoms with Crippen molar-refractivity contribution in [1.82, 2.24) is 4.31 Å². The minimum atomic E-state index is -4.85. The molecule has 0 saturated heterocycles. The highest BCUT2D eigenvalue weighted by Crippen LogP contribution is 2.27. The van der Waals surface area contributed by atoms with Crippen LogP contribution in [0.3, 0.4) is 0 Å². The van der Waals surface area contributed by atoms with Crippen LogP contribution in [-0.4, -0.2) is 39.0 Å². The van der Waals surface area contributed by atoms with Gasteiger partial charge in [-0.3, -0.25) is 4.79 Å². The molecule has 0 atom stereocenters. The molecule has 27 heavy (non-hydrogen) atoms. The van der Waals surface area contributed by atoms with Gasteiger partial charge in [-0.2, -0.15) is 0 Å². The predicted octanol–water partition coefficient (Wildman–Crippen LogP) is 3.73. The van der Waals surface area contributed by atoms with Crippen LogP contribution in [0, 0.1) is 0 Å². The molecule has 0 amide bonds. The average molecular weight is 399 g/mol. The number of allylic oxidation sites excluding steroid dienone is 1. The maximum atomic E-state index is 12.4. The predicted molar refractivity (Wildman–Crippen MR) is 93.8 cm³/mol. The van der Waals surface area contributed by atoms with Gasteiger partial charge in [0.25, 0.3) is 0 Å². The lowest BCUT2D eigenvalue weighted by Crippen LogP contribution is -2.22. The van der Waals surface area contributed by atoms with E-state index in [1.54, 1.807) is 0 Å². The van der Waals surface area contributed by atoms with Gasteiger partial charge in [0, 0.05) is 25.2 Å². The van der Waals surface area contributed by atoms with Gasteiger partial charge in [-0.25, -0.2) is 12.7 Å². The van der Waals surface area contributed by atoms with Gasteiger partial charge >= 0.3 is 6.36 Å². The molecule has 0 heterocycles. The summed E-state index contributed by atoms with van der Waals surface area (Å²) in [7, 11) is -0.844. The maximum absolute atomic E-state index is 12.4. The maximum Gasteiger partial charge on any atom is 0.573 e. The number of alkyl halides is 3. The molecule has 0 aliphatic carbocycles. The third-order valence-corrected chi connectivity index (χ3v) is 5.31. The van der Waals surface area contributed by atoms with E-state index in [9.17, 15) is 26.4 Å². The van der Waals surface area contributed by atoms with E-state index in [1.165, 1.54) is 62.6 Å². The van der Waals surface area contributed by atoms with Crippen LogP contribution in [-0.2, 0) is 10.0 Å². The molecule has 5 nitrogen and oxygen atoms in total. The molecule has 0 aliphatic heterocycles. The molecule has 144 valence electrons. The van der Waals surface area contributed by atoms with E-state index >= 15 is 0 Å². The Labute approximate surface area is 154 Å². The van der Waals surface area contributed by atoms with Gasteiger partial charge in [0.05, 0.1) is 4.90 Å². The minimum Gasteiger partial charge on any atom is -0.405 e. The number of rotatable bonds is 6. The molecule has 0 saturated carbocycles. The van der Waals surface area contributed by atoms with Crippen molar-refractivity contribution in [1.29, 1.82) is 0 Å². The van der Waals surface area contributed by atoms with E-state index in [4.69, 9.17) is 0 Å². The van der Waals surface area contributed by atoms with Crippen LogP contribution in [0.5, 0.6) is 5.75 Å². The Morgan fingerprint density at radius 2 is 1.63 bits per heavy atom. The smallest absolute Gasteiger partial charge is 0.405 e. The average Bonchev–Trinajstić information content (AvgIpc) is 2.59. The molecule has 2 aromatic rings. The molecule has 2 rings (SSSR count). The fraction of sp³-hybridized carbons (Fsp3) is 0.167. The lowest BCUT2D eigenvalue weighted by molar-refractivity contribution is -0.274. The zero-order valence-corrected chi connectivity index (χ0v) is 15.2.